The Kier molecular flexibility index (Phi) is 3.44. The van der Waals surface area contributed by atoms with E-state index in [-0.39, 0.29) is 30.8 Å². The lowest BCUT2D eigenvalue weighted by Gasteiger charge is -2.34. The van der Waals surface area contributed by atoms with Crippen LogP contribution in [0, 0.1) is 5.92 Å². The summed E-state index contributed by atoms with van der Waals surface area (Å²) in [6.45, 7) is 0.360. The molecule has 0 radical (unpaired) electrons. The summed E-state index contributed by atoms with van der Waals surface area (Å²) in [6.07, 6.45) is 5.05. The van der Waals surface area contributed by atoms with E-state index in [9.17, 15) is 14.0 Å². The van der Waals surface area contributed by atoms with Gasteiger partial charge in [0.15, 0.2) is 0 Å². The summed E-state index contributed by atoms with van der Waals surface area (Å²) in [5.74, 6) is 0.0281. The molecule has 0 unspecified atom stereocenters. The number of nitrogens with zero attached hydrogens (tertiary/aromatic N) is 1. The van der Waals surface area contributed by atoms with Crippen LogP contribution in [0.25, 0.3) is 0 Å². The number of nitrogens with one attached hydrogen (secondary N) is 1. The van der Waals surface area contributed by atoms with Crippen molar-refractivity contribution in [3.05, 3.63) is 16.0 Å². The fourth-order valence-corrected chi connectivity index (χ4v) is 4.47. The van der Waals surface area contributed by atoms with E-state index in [1.807, 2.05) is 0 Å². The number of amides is 2. The Hall–Kier alpha value is -1.43. The van der Waals surface area contributed by atoms with Crippen LogP contribution >= 0.6 is 11.3 Å². The second-order valence-electron chi connectivity index (χ2n) is 6.49. The average Bonchev–Trinajstić information content (AvgIpc) is 3.25. The summed E-state index contributed by atoms with van der Waals surface area (Å²) in [5, 5.41) is 3.65. The monoisotopic (exact) mass is 322 g/mol. The highest BCUT2D eigenvalue weighted by atomic mass is 32.1. The van der Waals surface area contributed by atoms with Gasteiger partial charge in [-0.05, 0) is 44.1 Å². The third-order valence-corrected chi connectivity index (χ3v) is 5.90. The maximum atomic E-state index is 13.1. The van der Waals surface area contributed by atoms with E-state index in [1.165, 1.54) is 4.88 Å². The smallest absolute Gasteiger partial charge is 0.257 e. The number of alkyl halides is 1. The van der Waals surface area contributed by atoms with Crippen LogP contribution in [-0.4, -0.2) is 36.0 Å². The Balaban J connectivity index is 1.65. The predicted molar refractivity (Wildman–Crippen MR) is 83.1 cm³/mol. The quantitative estimate of drug-likeness (QED) is 0.930. The van der Waals surface area contributed by atoms with Crippen LogP contribution in [-0.2, 0) is 17.6 Å². The van der Waals surface area contributed by atoms with E-state index in [0.717, 1.165) is 44.1 Å². The van der Waals surface area contributed by atoms with Crippen molar-refractivity contribution < 1.29 is 14.0 Å². The first-order chi connectivity index (χ1) is 10.6. The highest BCUT2D eigenvalue weighted by molar-refractivity contribution is 7.17. The Morgan fingerprint density at radius 1 is 1.18 bits per heavy atom. The molecule has 1 aliphatic heterocycles. The number of halogens is 1. The van der Waals surface area contributed by atoms with Gasteiger partial charge in [-0.25, -0.2) is 4.39 Å². The van der Waals surface area contributed by atoms with Crippen LogP contribution in [0.4, 0.5) is 9.39 Å². The minimum absolute atomic E-state index is 0.0274. The normalized spacial score (nSPS) is 21.2. The molecule has 1 saturated heterocycles. The Bertz CT molecular complexity index is 632. The van der Waals surface area contributed by atoms with Crippen molar-refractivity contribution in [3.8, 4) is 0 Å². The molecule has 1 aromatic heterocycles. The van der Waals surface area contributed by atoms with E-state index in [2.05, 4.69) is 5.32 Å². The number of rotatable bonds is 3. The third kappa shape index (κ3) is 2.43. The first-order valence-electron chi connectivity index (χ1n) is 8.02. The van der Waals surface area contributed by atoms with Crippen LogP contribution in [0.1, 0.15) is 46.5 Å². The second kappa shape index (κ2) is 5.33. The Morgan fingerprint density at radius 3 is 2.59 bits per heavy atom. The first-order valence-corrected chi connectivity index (χ1v) is 8.84. The molecular formula is C16H19FN2O2S. The number of likely N-dealkylation sites (tertiary alicyclic amines) is 1. The lowest BCUT2D eigenvalue weighted by molar-refractivity contribution is -0.117. The maximum Gasteiger partial charge on any atom is 0.257 e. The van der Waals surface area contributed by atoms with Gasteiger partial charge in [-0.3, -0.25) is 9.59 Å². The fraction of sp³-hybridized carbons (Fsp3) is 0.625. The van der Waals surface area contributed by atoms with Gasteiger partial charge in [-0.15, -0.1) is 11.3 Å². The molecule has 0 spiro atoms. The van der Waals surface area contributed by atoms with Gasteiger partial charge in [0.05, 0.1) is 18.7 Å². The number of fused-ring (bicyclic) bond motifs is 1. The molecule has 0 bridgehead atoms. The highest BCUT2D eigenvalue weighted by Crippen LogP contribution is 2.40. The summed E-state index contributed by atoms with van der Waals surface area (Å²) < 4.78 is 13.1. The number of anilines is 1. The SMILES string of the molecule is O=C(Nc1sc2c(c1C(=O)N1CC(F)C1)CCCC2)C1CC1. The van der Waals surface area contributed by atoms with Gasteiger partial charge in [0.1, 0.15) is 11.2 Å². The lowest BCUT2D eigenvalue weighted by atomic mass is 9.94. The van der Waals surface area contributed by atoms with E-state index in [4.69, 9.17) is 0 Å². The number of hydrogen-bond acceptors (Lipinski definition) is 3. The zero-order valence-corrected chi connectivity index (χ0v) is 13.2. The van der Waals surface area contributed by atoms with Crippen LogP contribution in [0.2, 0.25) is 0 Å². The molecule has 4 nitrogen and oxygen atoms in total. The van der Waals surface area contributed by atoms with Crippen molar-refractivity contribution in [1.29, 1.82) is 0 Å². The number of aryl methyl sites for hydroxylation is 1. The fourth-order valence-electron chi connectivity index (χ4n) is 3.19. The number of thiophene rings is 1. The Labute approximate surface area is 132 Å². The molecule has 1 aromatic rings. The van der Waals surface area contributed by atoms with Gasteiger partial charge in [0.25, 0.3) is 5.91 Å². The van der Waals surface area contributed by atoms with Crippen molar-refractivity contribution in [3.63, 3.8) is 0 Å². The third-order valence-electron chi connectivity index (χ3n) is 4.69. The van der Waals surface area contributed by atoms with E-state index in [0.29, 0.717) is 10.6 Å². The molecule has 118 valence electrons. The number of hydrogen-bond donors (Lipinski definition) is 1. The molecule has 2 heterocycles. The van der Waals surface area contributed by atoms with Gasteiger partial charge in [0.2, 0.25) is 5.91 Å². The zero-order valence-electron chi connectivity index (χ0n) is 12.4. The molecule has 2 amide bonds. The number of carbonyl (C=O) groups is 2. The van der Waals surface area contributed by atoms with Crippen LogP contribution in [0.5, 0.6) is 0 Å². The standard InChI is InChI=1S/C16H19FN2O2S/c17-10-7-19(8-10)16(21)13-11-3-1-2-4-12(11)22-15(13)18-14(20)9-5-6-9/h9-10H,1-8H2,(H,18,20). The average molecular weight is 322 g/mol. The molecule has 22 heavy (non-hydrogen) atoms. The van der Waals surface area contributed by atoms with Crippen molar-refractivity contribution in [1.82, 2.24) is 4.90 Å². The predicted octanol–water partition coefficient (Wildman–Crippen LogP) is 2.77. The van der Waals surface area contributed by atoms with E-state index < -0.39 is 6.17 Å². The van der Waals surface area contributed by atoms with Crippen molar-refractivity contribution in [2.24, 2.45) is 5.92 Å². The summed E-state index contributed by atoms with van der Waals surface area (Å²) in [6, 6.07) is 0. The molecule has 4 rings (SSSR count). The van der Waals surface area contributed by atoms with E-state index >= 15 is 0 Å². The van der Waals surface area contributed by atoms with Gasteiger partial charge < -0.3 is 10.2 Å². The minimum Gasteiger partial charge on any atom is -0.333 e. The summed E-state index contributed by atoms with van der Waals surface area (Å²) in [5.41, 5.74) is 1.73. The molecular weight excluding hydrogens is 303 g/mol. The summed E-state index contributed by atoms with van der Waals surface area (Å²) in [7, 11) is 0. The molecule has 1 saturated carbocycles. The topological polar surface area (TPSA) is 49.4 Å². The zero-order chi connectivity index (χ0) is 15.3. The summed E-state index contributed by atoms with van der Waals surface area (Å²) >= 11 is 1.54. The molecule has 2 fully saturated rings. The Morgan fingerprint density at radius 2 is 1.91 bits per heavy atom. The highest BCUT2D eigenvalue weighted by Gasteiger charge is 2.37. The minimum atomic E-state index is -0.900. The van der Waals surface area contributed by atoms with Crippen LogP contribution < -0.4 is 5.32 Å². The van der Waals surface area contributed by atoms with Crippen molar-refractivity contribution >= 4 is 28.2 Å². The largest absolute Gasteiger partial charge is 0.333 e. The molecule has 1 N–H and O–H groups in total. The van der Waals surface area contributed by atoms with Gasteiger partial charge in [-0.2, -0.15) is 0 Å². The number of carbonyl (C=O) groups excluding carboxylic acids is 2. The molecule has 6 heteroatoms. The molecule has 3 aliphatic rings. The molecule has 2 aliphatic carbocycles. The molecule has 0 atom stereocenters. The second-order valence-corrected chi connectivity index (χ2v) is 7.59. The van der Waals surface area contributed by atoms with Crippen LogP contribution in [0.3, 0.4) is 0 Å². The van der Waals surface area contributed by atoms with Gasteiger partial charge >= 0.3 is 0 Å². The van der Waals surface area contributed by atoms with Gasteiger partial charge in [-0.1, -0.05) is 0 Å². The summed E-state index contributed by atoms with van der Waals surface area (Å²) in [4.78, 5) is 27.6. The van der Waals surface area contributed by atoms with E-state index in [1.54, 1.807) is 16.2 Å². The van der Waals surface area contributed by atoms with Gasteiger partial charge in [0, 0.05) is 10.8 Å². The lowest BCUT2D eigenvalue weighted by Crippen LogP contribution is -2.51. The first kappa shape index (κ1) is 14.2. The van der Waals surface area contributed by atoms with Crippen molar-refractivity contribution in [2.75, 3.05) is 18.4 Å². The van der Waals surface area contributed by atoms with Crippen LogP contribution in [0.15, 0.2) is 0 Å². The molecule has 0 aromatic carbocycles. The van der Waals surface area contributed by atoms with Crippen molar-refractivity contribution in [2.45, 2.75) is 44.7 Å². The maximum absolute atomic E-state index is 13.1.